The van der Waals surface area contributed by atoms with Crippen molar-refractivity contribution in [3.05, 3.63) is 32.6 Å². The maximum absolute atomic E-state index is 12.0. The van der Waals surface area contributed by atoms with Gasteiger partial charge in [0.2, 0.25) is 0 Å². The van der Waals surface area contributed by atoms with Crippen LogP contribution in [-0.2, 0) is 14.1 Å². The van der Waals surface area contributed by atoms with Gasteiger partial charge < -0.3 is 4.57 Å². The van der Waals surface area contributed by atoms with Crippen LogP contribution in [0.3, 0.4) is 0 Å². The Bertz CT molecular complexity index is 499. The van der Waals surface area contributed by atoms with Crippen LogP contribution >= 0.6 is 0 Å². The van der Waals surface area contributed by atoms with Crippen molar-refractivity contribution in [2.45, 2.75) is 51.9 Å². The van der Waals surface area contributed by atoms with Crippen LogP contribution in [0.5, 0.6) is 0 Å². The fourth-order valence-electron chi connectivity index (χ4n) is 2.21. The Morgan fingerprint density at radius 1 is 1.17 bits per heavy atom. The third-order valence-electron chi connectivity index (χ3n) is 3.49. The molecule has 0 aliphatic carbocycles. The minimum Gasteiger partial charge on any atom is -0.303 e. The molecule has 0 fully saturated rings. The standard InChI is InChI=1S/C14H24N2O2/c1-5-6-7-8-9-11(2)12-10-15(3)14(18)16(4)13(12)17/h10-11H,5-9H2,1-4H3. The summed E-state index contributed by atoms with van der Waals surface area (Å²) in [7, 11) is 3.23. The molecule has 0 aliphatic rings. The summed E-state index contributed by atoms with van der Waals surface area (Å²) in [5.41, 5.74) is 0.333. The first-order valence-corrected chi connectivity index (χ1v) is 6.75. The molecule has 18 heavy (non-hydrogen) atoms. The van der Waals surface area contributed by atoms with Gasteiger partial charge in [0.1, 0.15) is 0 Å². The molecule has 0 spiro atoms. The van der Waals surface area contributed by atoms with Crippen LogP contribution in [-0.4, -0.2) is 9.13 Å². The zero-order chi connectivity index (χ0) is 13.7. The quantitative estimate of drug-likeness (QED) is 0.728. The minimum absolute atomic E-state index is 0.152. The van der Waals surface area contributed by atoms with E-state index in [1.54, 1.807) is 13.2 Å². The Hall–Kier alpha value is -1.32. The van der Waals surface area contributed by atoms with Crippen LogP contribution < -0.4 is 11.2 Å². The van der Waals surface area contributed by atoms with Gasteiger partial charge in [0.15, 0.2) is 0 Å². The lowest BCUT2D eigenvalue weighted by molar-refractivity contribution is 0.561. The van der Waals surface area contributed by atoms with E-state index in [1.807, 2.05) is 0 Å². The third kappa shape index (κ3) is 3.34. The maximum Gasteiger partial charge on any atom is 0.330 e. The lowest BCUT2D eigenvalue weighted by atomic mass is 9.97. The smallest absolute Gasteiger partial charge is 0.303 e. The van der Waals surface area contributed by atoms with E-state index in [0.717, 1.165) is 18.4 Å². The van der Waals surface area contributed by atoms with Crippen LogP contribution in [0.1, 0.15) is 57.4 Å². The van der Waals surface area contributed by atoms with Crippen molar-refractivity contribution in [1.29, 1.82) is 0 Å². The first-order valence-electron chi connectivity index (χ1n) is 6.75. The van der Waals surface area contributed by atoms with Crippen molar-refractivity contribution >= 4 is 0 Å². The molecule has 0 aliphatic heterocycles. The predicted molar refractivity (Wildman–Crippen MR) is 74.1 cm³/mol. The van der Waals surface area contributed by atoms with Gasteiger partial charge in [0.05, 0.1) is 0 Å². The molecule has 1 atom stereocenters. The fraction of sp³-hybridized carbons (Fsp3) is 0.714. The van der Waals surface area contributed by atoms with Gasteiger partial charge in [-0.25, -0.2) is 4.79 Å². The van der Waals surface area contributed by atoms with Gasteiger partial charge in [-0.2, -0.15) is 0 Å². The van der Waals surface area contributed by atoms with Crippen molar-refractivity contribution in [3.63, 3.8) is 0 Å². The fourth-order valence-corrected chi connectivity index (χ4v) is 2.21. The summed E-state index contributed by atoms with van der Waals surface area (Å²) >= 11 is 0. The second-order valence-corrected chi connectivity index (χ2v) is 5.09. The van der Waals surface area contributed by atoms with E-state index in [4.69, 9.17) is 0 Å². The predicted octanol–water partition coefficient (Wildman–Crippen LogP) is 2.16. The van der Waals surface area contributed by atoms with Crippen molar-refractivity contribution < 1.29 is 0 Å². The second-order valence-electron chi connectivity index (χ2n) is 5.09. The highest BCUT2D eigenvalue weighted by molar-refractivity contribution is 5.11. The van der Waals surface area contributed by atoms with Crippen LogP contribution in [0.4, 0.5) is 0 Å². The number of rotatable bonds is 6. The molecule has 102 valence electrons. The second kappa shape index (κ2) is 6.57. The number of aromatic nitrogens is 2. The molecule has 1 unspecified atom stereocenters. The first kappa shape index (κ1) is 14.7. The molecule has 0 aromatic carbocycles. The Labute approximate surface area is 108 Å². The largest absolute Gasteiger partial charge is 0.330 e. The summed E-state index contributed by atoms with van der Waals surface area (Å²) in [5, 5.41) is 0. The van der Waals surface area contributed by atoms with Crippen molar-refractivity contribution in [2.24, 2.45) is 14.1 Å². The molecule has 0 bridgehead atoms. The van der Waals surface area contributed by atoms with Crippen LogP contribution in [0.25, 0.3) is 0 Å². The lowest BCUT2D eigenvalue weighted by Gasteiger charge is -2.13. The Morgan fingerprint density at radius 2 is 1.83 bits per heavy atom. The zero-order valence-electron chi connectivity index (χ0n) is 11.9. The average Bonchev–Trinajstić information content (AvgIpc) is 2.36. The normalized spacial score (nSPS) is 12.7. The average molecular weight is 252 g/mol. The molecule has 0 radical (unpaired) electrons. The number of unbranched alkanes of at least 4 members (excludes halogenated alkanes) is 3. The summed E-state index contributed by atoms with van der Waals surface area (Å²) in [6.45, 7) is 4.25. The van der Waals surface area contributed by atoms with Gasteiger partial charge in [-0.3, -0.25) is 9.36 Å². The Morgan fingerprint density at radius 3 is 2.44 bits per heavy atom. The highest BCUT2D eigenvalue weighted by Gasteiger charge is 2.13. The van der Waals surface area contributed by atoms with Crippen molar-refractivity contribution in [2.75, 3.05) is 0 Å². The van der Waals surface area contributed by atoms with E-state index < -0.39 is 0 Å². The summed E-state index contributed by atoms with van der Waals surface area (Å²) in [6.07, 6.45) is 7.52. The molecular formula is C14H24N2O2. The number of hydrogen-bond donors (Lipinski definition) is 0. The van der Waals surface area contributed by atoms with Crippen molar-refractivity contribution in [3.8, 4) is 0 Å². The first-order chi connectivity index (χ1) is 8.49. The van der Waals surface area contributed by atoms with E-state index in [-0.39, 0.29) is 17.2 Å². The lowest BCUT2D eigenvalue weighted by Crippen LogP contribution is -2.38. The molecule has 0 amide bonds. The number of aryl methyl sites for hydroxylation is 1. The van der Waals surface area contributed by atoms with E-state index in [1.165, 1.54) is 35.4 Å². The van der Waals surface area contributed by atoms with Gasteiger partial charge in [-0.1, -0.05) is 39.5 Å². The summed E-state index contributed by atoms with van der Waals surface area (Å²) in [6, 6.07) is 0. The molecule has 1 heterocycles. The van der Waals surface area contributed by atoms with Crippen LogP contribution in [0.2, 0.25) is 0 Å². The molecule has 4 heteroatoms. The summed E-state index contributed by atoms with van der Waals surface area (Å²) < 4.78 is 2.68. The van der Waals surface area contributed by atoms with E-state index in [9.17, 15) is 9.59 Å². The molecule has 0 saturated heterocycles. The highest BCUT2D eigenvalue weighted by atomic mass is 16.2. The highest BCUT2D eigenvalue weighted by Crippen LogP contribution is 2.18. The van der Waals surface area contributed by atoms with Gasteiger partial charge in [0.25, 0.3) is 5.56 Å². The molecule has 0 N–H and O–H groups in total. The van der Waals surface area contributed by atoms with E-state index >= 15 is 0 Å². The molecule has 4 nitrogen and oxygen atoms in total. The monoisotopic (exact) mass is 252 g/mol. The maximum atomic E-state index is 12.0. The Balaban J connectivity index is 2.83. The van der Waals surface area contributed by atoms with Gasteiger partial charge >= 0.3 is 5.69 Å². The third-order valence-corrected chi connectivity index (χ3v) is 3.49. The van der Waals surface area contributed by atoms with Gasteiger partial charge in [-0.15, -0.1) is 0 Å². The van der Waals surface area contributed by atoms with Gasteiger partial charge in [0, 0.05) is 25.9 Å². The molecule has 1 aromatic rings. The summed E-state index contributed by atoms with van der Waals surface area (Å²) in [4.78, 5) is 23.6. The number of hydrogen-bond acceptors (Lipinski definition) is 2. The van der Waals surface area contributed by atoms with Crippen molar-refractivity contribution in [1.82, 2.24) is 9.13 Å². The van der Waals surface area contributed by atoms with Gasteiger partial charge in [-0.05, 0) is 12.3 Å². The number of nitrogens with zero attached hydrogens (tertiary/aromatic N) is 2. The molecule has 1 rings (SSSR count). The minimum atomic E-state index is -0.262. The molecule has 0 saturated carbocycles. The SMILES string of the molecule is CCCCCCC(C)c1cn(C)c(=O)n(C)c1=O. The van der Waals surface area contributed by atoms with E-state index in [0.29, 0.717) is 0 Å². The van der Waals surface area contributed by atoms with E-state index in [2.05, 4.69) is 13.8 Å². The topological polar surface area (TPSA) is 44.0 Å². The molecular weight excluding hydrogens is 228 g/mol. The van der Waals surface area contributed by atoms with Crippen LogP contribution in [0, 0.1) is 0 Å². The Kier molecular flexibility index (Phi) is 5.38. The summed E-state index contributed by atoms with van der Waals surface area (Å²) in [5.74, 6) is 0.215. The van der Waals surface area contributed by atoms with Crippen LogP contribution in [0.15, 0.2) is 15.8 Å². The zero-order valence-corrected chi connectivity index (χ0v) is 11.9. The molecule has 1 aromatic heterocycles.